The molecule has 0 saturated heterocycles. The van der Waals surface area contributed by atoms with E-state index in [1.807, 2.05) is 0 Å². The Hall–Kier alpha value is 0. The lowest BCUT2D eigenvalue weighted by Gasteiger charge is -2.33. The van der Waals surface area contributed by atoms with Crippen LogP contribution in [-0.4, -0.2) is 0 Å². The molecule has 0 aliphatic heterocycles. The Morgan fingerprint density at radius 3 is 2.42 bits per heavy atom. The Morgan fingerprint density at radius 2 is 2.00 bits per heavy atom. The zero-order valence-corrected chi connectivity index (χ0v) is 8.60. The lowest BCUT2D eigenvalue weighted by atomic mass is 9.72. The van der Waals surface area contributed by atoms with Crippen molar-refractivity contribution < 1.29 is 0 Å². The predicted octanol–water partition coefficient (Wildman–Crippen LogP) is 4.00. The van der Waals surface area contributed by atoms with Crippen LogP contribution in [0.4, 0.5) is 0 Å². The lowest BCUT2D eigenvalue weighted by molar-refractivity contribution is 0.172. The maximum Gasteiger partial charge on any atom is -0.0269 e. The van der Waals surface area contributed by atoms with Crippen LogP contribution < -0.4 is 0 Å². The van der Waals surface area contributed by atoms with E-state index in [9.17, 15) is 0 Å². The summed E-state index contributed by atoms with van der Waals surface area (Å²) in [6.45, 7) is 4.83. The summed E-state index contributed by atoms with van der Waals surface area (Å²) in [4.78, 5) is 0. The van der Waals surface area contributed by atoms with Crippen molar-refractivity contribution in [2.24, 2.45) is 17.3 Å². The van der Waals surface area contributed by atoms with Gasteiger partial charge >= 0.3 is 0 Å². The van der Waals surface area contributed by atoms with E-state index in [1.165, 1.54) is 12.8 Å². The topological polar surface area (TPSA) is 0 Å². The molecule has 2 bridgehead atoms. The van der Waals surface area contributed by atoms with Crippen molar-refractivity contribution in [2.45, 2.75) is 58.8 Å². The molecular formula is C12H22. The third kappa shape index (κ3) is 1.20. The first-order valence-corrected chi connectivity index (χ1v) is 5.77. The molecule has 0 heteroatoms. The highest BCUT2D eigenvalue weighted by Gasteiger charge is 2.47. The molecule has 2 rings (SSSR count). The molecule has 1 atom stereocenters. The Balaban J connectivity index is 2.00. The number of rotatable bonds is 3. The predicted molar refractivity (Wildman–Crippen MR) is 53.1 cm³/mol. The van der Waals surface area contributed by atoms with E-state index in [4.69, 9.17) is 0 Å². The Morgan fingerprint density at radius 1 is 1.33 bits per heavy atom. The summed E-state index contributed by atoms with van der Waals surface area (Å²) in [6.07, 6.45) is 10.6. The molecular weight excluding hydrogens is 144 g/mol. The maximum absolute atomic E-state index is 2.50. The first kappa shape index (κ1) is 8.59. The minimum absolute atomic E-state index is 0.820. The molecule has 0 aromatic carbocycles. The van der Waals surface area contributed by atoms with Crippen molar-refractivity contribution in [1.82, 2.24) is 0 Å². The van der Waals surface area contributed by atoms with Gasteiger partial charge in [0.25, 0.3) is 0 Å². The van der Waals surface area contributed by atoms with Crippen molar-refractivity contribution in [3.05, 3.63) is 0 Å². The first-order chi connectivity index (χ1) is 5.77. The second-order valence-electron chi connectivity index (χ2n) is 5.20. The second-order valence-corrected chi connectivity index (χ2v) is 5.20. The van der Waals surface area contributed by atoms with Gasteiger partial charge in [-0.25, -0.2) is 0 Å². The molecule has 2 saturated carbocycles. The Bertz CT molecular complexity index is 151. The van der Waals surface area contributed by atoms with Crippen molar-refractivity contribution in [3.63, 3.8) is 0 Å². The van der Waals surface area contributed by atoms with Crippen LogP contribution in [0.3, 0.4) is 0 Å². The third-order valence-electron chi connectivity index (χ3n) is 4.56. The quantitative estimate of drug-likeness (QED) is 0.594. The van der Waals surface area contributed by atoms with Crippen LogP contribution in [0.2, 0.25) is 0 Å². The van der Waals surface area contributed by atoms with E-state index >= 15 is 0 Å². The zero-order valence-electron chi connectivity index (χ0n) is 8.60. The van der Waals surface area contributed by atoms with Crippen LogP contribution in [-0.2, 0) is 0 Å². The molecule has 12 heavy (non-hydrogen) atoms. The number of fused-ring (bicyclic) bond motifs is 2. The highest BCUT2D eigenvalue weighted by molar-refractivity contribution is 4.98. The second kappa shape index (κ2) is 3.05. The molecule has 0 aromatic rings. The molecule has 1 unspecified atom stereocenters. The van der Waals surface area contributed by atoms with Crippen molar-refractivity contribution in [1.29, 1.82) is 0 Å². The largest absolute Gasteiger partial charge is 0.0654 e. The van der Waals surface area contributed by atoms with Crippen LogP contribution >= 0.6 is 0 Å². The molecule has 0 spiro atoms. The average Bonchev–Trinajstić information content (AvgIpc) is 2.64. The van der Waals surface area contributed by atoms with Gasteiger partial charge < -0.3 is 0 Å². The van der Waals surface area contributed by atoms with Gasteiger partial charge in [0.05, 0.1) is 0 Å². The SMILES string of the molecule is CCCC(C)C12CCC(CC1)C2. The fourth-order valence-electron chi connectivity index (χ4n) is 3.67. The molecule has 0 radical (unpaired) electrons. The van der Waals surface area contributed by atoms with E-state index in [2.05, 4.69) is 13.8 Å². The van der Waals surface area contributed by atoms with E-state index < -0.39 is 0 Å². The molecule has 0 amide bonds. The highest BCUT2D eigenvalue weighted by Crippen LogP contribution is 2.58. The van der Waals surface area contributed by atoms with Crippen molar-refractivity contribution in [2.75, 3.05) is 0 Å². The third-order valence-corrected chi connectivity index (χ3v) is 4.56. The lowest BCUT2D eigenvalue weighted by Crippen LogP contribution is -2.23. The molecule has 2 aliphatic carbocycles. The van der Waals surface area contributed by atoms with Gasteiger partial charge in [-0.15, -0.1) is 0 Å². The molecule has 0 N–H and O–H groups in total. The van der Waals surface area contributed by atoms with Gasteiger partial charge in [-0.2, -0.15) is 0 Å². The fraction of sp³-hybridized carbons (Fsp3) is 1.00. The summed E-state index contributed by atoms with van der Waals surface area (Å²) >= 11 is 0. The Labute approximate surface area is 76.7 Å². The molecule has 0 heterocycles. The van der Waals surface area contributed by atoms with Crippen LogP contribution in [0.15, 0.2) is 0 Å². The van der Waals surface area contributed by atoms with Crippen molar-refractivity contribution in [3.8, 4) is 0 Å². The van der Waals surface area contributed by atoms with E-state index in [0.29, 0.717) is 0 Å². The maximum atomic E-state index is 2.50. The summed E-state index contributed by atoms with van der Waals surface area (Å²) in [5, 5.41) is 0. The van der Waals surface area contributed by atoms with Crippen molar-refractivity contribution >= 4 is 0 Å². The average molecular weight is 166 g/mol. The minimum Gasteiger partial charge on any atom is -0.0654 e. The van der Waals surface area contributed by atoms with Gasteiger partial charge in [-0.05, 0) is 49.4 Å². The summed E-state index contributed by atoms with van der Waals surface area (Å²) in [5.74, 6) is 2.14. The molecule has 0 aromatic heterocycles. The standard InChI is InChI=1S/C12H22/c1-3-4-10(2)12-7-5-11(9-12)6-8-12/h10-11H,3-9H2,1-2H3. The normalized spacial score (nSPS) is 42.0. The minimum atomic E-state index is 0.820. The molecule has 2 aliphatic rings. The summed E-state index contributed by atoms with van der Waals surface area (Å²) in [5.41, 5.74) is 0.820. The van der Waals surface area contributed by atoms with Crippen LogP contribution in [0.25, 0.3) is 0 Å². The highest BCUT2D eigenvalue weighted by atomic mass is 14.5. The summed E-state index contributed by atoms with van der Waals surface area (Å²) in [6, 6.07) is 0. The van der Waals surface area contributed by atoms with Gasteiger partial charge in [0.15, 0.2) is 0 Å². The fourth-order valence-corrected chi connectivity index (χ4v) is 3.67. The summed E-state index contributed by atoms with van der Waals surface area (Å²) < 4.78 is 0. The summed E-state index contributed by atoms with van der Waals surface area (Å²) in [7, 11) is 0. The van der Waals surface area contributed by atoms with Gasteiger partial charge in [-0.1, -0.05) is 26.7 Å². The van der Waals surface area contributed by atoms with Gasteiger partial charge in [-0.3, -0.25) is 0 Å². The molecule has 70 valence electrons. The van der Waals surface area contributed by atoms with Crippen LogP contribution in [0.5, 0.6) is 0 Å². The van der Waals surface area contributed by atoms with Gasteiger partial charge in [0, 0.05) is 0 Å². The Kier molecular flexibility index (Phi) is 2.18. The molecule has 2 fully saturated rings. The zero-order chi connectivity index (χ0) is 8.60. The van der Waals surface area contributed by atoms with Gasteiger partial charge in [0.1, 0.15) is 0 Å². The van der Waals surface area contributed by atoms with E-state index in [1.54, 1.807) is 32.1 Å². The van der Waals surface area contributed by atoms with E-state index in [-0.39, 0.29) is 0 Å². The number of hydrogen-bond acceptors (Lipinski definition) is 0. The van der Waals surface area contributed by atoms with Gasteiger partial charge in [0.2, 0.25) is 0 Å². The monoisotopic (exact) mass is 166 g/mol. The first-order valence-electron chi connectivity index (χ1n) is 5.77. The van der Waals surface area contributed by atoms with E-state index in [0.717, 1.165) is 17.3 Å². The van der Waals surface area contributed by atoms with Crippen LogP contribution in [0, 0.1) is 17.3 Å². The smallest absolute Gasteiger partial charge is 0.0269 e. The van der Waals surface area contributed by atoms with Crippen LogP contribution in [0.1, 0.15) is 58.8 Å². The molecule has 0 nitrogen and oxygen atoms in total. The number of hydrogen-bond donors (Lipinski definition) is 0.